The van der Waals surface area contributed by atoms with Gasteiger partial charge in [-0.25, -0.2) is 4.79 Å². The van der Waals surface area contributed by atoms with Crippen LogP contribution in [0.4, 0.5) is 0 Å². The molecule has 0 fully saturated rings. The second-order valence-corrected chi connectivity index (χ2v) is 5.91. The number of carbonyl (C=O) groups is 1. The van der Waals surface area contributed by atoms with E-state index in [1.165, 1.54) is 0 Å². The van der Waals surface area contributed by atoms with E-state index in [-0.39, 0.29) is 5.97 Å². The molecule has 3 aromatic rings. The van der Waals surface area contributed by atoms with Gasteiger partial charge in [-0.05, 0) is 30.2 Å². The first-order valence-corrected chi connectivity index (χ1v) is 8.22. The van der Waals surface area contributed by atoms with Gasteiger partial charge in [0, 0.05) is 29.5 Å². The third-order valence-electron chi connectivity index (χ3n) is 3.74. The van der Waals surface area contributed by atoms with E-state index in [1.54, 1.807) is 0 Å². The van der Waals surface area contributed by atoms with Crippen molar-refractivity contribution in [3.8, 4) is 11.1 Å². The molecule has 2 aromatic carbocycles. The summed E-state index contributed by atoms with van der Waals surface area (Å²) >= 11 is 5.93. The van der Waals surface area contributed by atoms with Gasteiger partial charge >= 0.3 is 5.97 Å². The Morgan fingerprint density at radius 2 is 1.75 bits per heavy atom. The highest BCUT2D eigenvalue weighted by Crippen LogP contribution is 2.26. The van der Waals surface area contributed by atoms with E-state index in [9.17, 15) is 4.79 Å². The molecule has 1 aromatic heterocycles. The molecule has 0 aliphatic rings. The summed E-state index contributed by atoms with van der Waals surface area (Å²) < 4.78 is 7.20. The molecular weight excluding hydrogens is 322 g/mol. The summed E-state index contributed by atoms with van der Waals surface area (Å²) in [5, 5.41) is 0.712. The summed E-state index contributed by atoms with van der Waals surface area (Å²) in [7, 11) is 0. The van der Waals surface area contributed by atoms with Gasteiger partial charge in [0.2, 0.25) is 0 Å². The Labute approximate surface area is 146 Å². The molecule has 122 valence electrons. The van der Waals surface area contributed by atoms with Crippen molar-refractivity contribution in [1.82, 2.24) is 4.57 Å². The Morgan fingerprint density at radius 3 is 2.42 bits per heavy atom. The van der Waals surface area contributed by atoms with Gasteiger partial charge in [0.1, 0.15) is 0 Å². The van der Waals surface area contributed by atoms with E-state index in [1.807, 2.05) is 78.5 Å². The number of ether oxygens (including phenoxy) is 1. The quantitative estimate of drug-likeness (QED) is 0.610. The molecule has 3 rings (SSSR count). The first-order valence-electron chi connectivity index (χ1n) is 7.84. The summed E-state index contributed by atoms with van der Waals surface area (Å²) in [6, 6.07) is 17.5. The van der Waals surface area contributed by atoms with Gasteiger partial charge < -0.3 is 9.30 Å². The Balaban J connectivity index is 1.96. The highest BCUT2D eigenvalue weighted by atomic mass is 35.5. The normalized spacial score (nSPS) is 10.6. The summed E-state index contributed by atoms with van der Waals surface area (Å²) in [5.74, 6) is -0.300. The zero-order valence-corrected chi connectivity index (χ0v) is 14.2. The van der Waals surface area contributed by atoms with Crippen LogP contribution in [0, 0.1) is 0 Å². The van der Waals surface area contributed by atoms with Crippen LogP contribution in [-0.4, -0.2) is 17.1 Å². The molecule has 0 aliphatic heterocycles. The highest BCUT2D eigenvalue weighted by Gasteiger charge is 2.17. The average molecular weight is 340 g/mol. The molecular formula is C20H18ClNO2. The maximum atomic E-state index is 12.3. The third-order valence-corrected chi connectivity index (χ3v) is 3.99. The van der Waals surface area contributed by atoms with Crippen LogP contribution in [0.3, 0.4) is 0 Å². The van der Waals surface area contributed by atoms with Crippen molar-refractivity contribution in [2.24, 2.45) is 0 Å². The predicted molar refractivity (Wildman–Crippen MR) is 96.4 cm³/mol. The smallest absolute Gasteiger partial charge is 0.340 e. The predicted octanol–water partition coefficient (Wildman–Crippen LogP) is 5.03. The van der Waals surface area contributed by atoms with Crippen molar-refractivity contribution in [1.29, 1.82) is 0 Å². The van der Waals surface area contributed by atoms with Crippen LogP contribution in [-0.2, 0) is 11.3 Å². The number of hydrogen-bond acceptors (Lipinski definition) is 2. The maximum Gasteiger partial charge on any atom is 0.340 e. The first kappa shape index (κ1) is 16.3. The molecule has 0 N–H and O–H groups in total. The molecule has 0 saturated carbocycles. The number of nitrogens with zero attached hydrogens (tertiary/aromatic N) is 1. The second-order valence-electron chi connectivity index (χ2n) is 5.47. The fourth-order valence-corrected chi connectivity index (χ4v) is 2.75. The summed E-state index contributed by atoms with van der Waals surface area (Å²) in [6.07, 6.45) is 3.82. The van der Waals surface area contributed by atoms with Gasteiger partial charge in [-0.2, -0.15) is 0 Å². The summed E-state index contributed by atoms with van der Waals surface area (Å²) in [6.45, 7) is 2.83. The van der Waals surface area contributed by atoms with Crippen LogP contribution in [0.25, 0.3) is 11.1 Å². The monoisotopic (exact) mass is 339 g/mol. The van der Waals surface area contributed by atoms with Crippen LogP contribution in [0.2, 0.25) is 5.02 Å². The maximum absolute atomic E-state index is 12.3. The van der Waals surface area contributed by atoms with E-state index in [0.29, 0.717) is 23.7 Å². The average Bonchev–Trinajstić information content (AvgIpc) is 3.02. The van der Waals surface area contributed by atoms with E-state index in [4.69, 9.17) is 16.3 Å². The fourth-order valence-electron chi connectivity index (χ4n) is 2.62. The summed E-state index contributed by atoms with van der Waals surface area (Å²) in [5.41, 5.74) is 3.57. The molecule has 4 heteroatoms. The topological polar surface area (TPSA) is 31.2 Å². The van der Waals surface area contributed by atoms with Crippen molar-refractivity contribution >= 4 is 17.6 Å². The van der Waals surface area contributed by atoms with E-state index < -0.39 is 0 Å². The lowest BCUT2D eigenvalue weighted by molar-refractivity contribution is 0.0527. The SMILES string of the molecule is CCOC(=O)c1cn(Cc2ccc(Cl)cc2)cc1-c1ccccc1. The van der Waals surface area contributed by atoms with Crippen molar-refractivity contribution in [3.63, 3.8) is 0 Å². The molecule has 0 bridgehead atoms. The lowest BCUT2D eigenvalue weighted by Crippen LogP contribution is -2.05. The van der Waals surface area contributed by atoms with E-state index in [2.05, 4.69) is 0 Å². The van der Waals surface area contributed by atoms with Crippen LogP contribution < -0.4 is 0 Å². The van der Waals surface area contributed by atoms with Crippen molar-refractivity contribution < 1.29 is 9.53 Å². The Hall–Kier alpha value is -2.52. The van der Waals surface area contributed by atoms with Crippen LogP contribution >= 0.6 is 11.6 Å². The van der Waals surface area contributed by atoms with Gasteiger partial charge in [-0.15, -0.1) is 0 Å². The van der Waals surface area contributed by atoms with Gasteiger partial charge in [-0.3, -0.25) is 0 Å². The number of rotatable bonds is 5. The van der Waals surface area contributed by atoms with Crippen LogP contribution in [0.1, 0.15) is 22.8 Å². The minimum atomic E-state index is -0.300. The second kappa shape index (κ2) is 7.37. The number of hydrogen-bond donors (Lipinski definition) is 0. The van der Waals surface area contributed by atoms with E-state index in [0.717, 1.165) is 16.7 Å². The molecule has 0 amide bonds. The van der Waals surface area contributed by atoms with E-state index >= 15 is 0 Å². The lowest BCUT2D eigenvalue weighted by atomic mass is 10.1. The Bertz CT molecular complexity index is 823. The van der Waals surface area contributed by atoms with Crippen molar-refractivity contribution in [2.45, 2.75) is 13.5 Å². The third kappa shape index (κ3) is 3.69. The first-order chi connectivity index (χ1) is 11.7. The van der Waals surface area contributed by atoms with Crippen LogP contribution in [0.5, 0.6) is 0 Å². The van der Waals surface area contributed by atoms with Crippen molar-refractivity contribution in [3.05, 3.63) is 83.1 Å². The van der Waals surface area contributed by atoms with Gasteiger partial charge in [0.15, 0.2) is 0 Å². The Kier molecular flexibility index (Phi) is 5.02. The Morgan fingerprint density at radius 1 is 1.04 bits per heavy atom. The molecule has 24 heavy (non-hydrogen) atoms. The minimum absolute atomic E-state index is 0.300. The van der Waals surface area contributed by atoms with Gasteiger partial charge in [-0.1, -0.05) is 54.1 Å². The van der Waals surface area contributed by atoms with Gasteiger partial charge in [0.25, 0.3) is 0 Å². The largest absolute Gasteiger partial charge is 0.462 e. The number of aromatic nitrogens is 1. The number of benzene rings is 2. The van der Waals surface area contributed by atoms with Crippen molar-refractivity contribution in [2.75, 3.05) is 6.61 Å². The molecule has 0 aliphatic carbocycles. The van der Waals surface area contributed by atoms with Gasteiger partial charge in [0.05, 0.1) is 12.2 Å². The zero-order chi connectivity index (χ0) is 16.9. The standard InChI is InChI=1S/C20H18ClNO2/c1-2-24-20(23)19-14-22(12-15-8-10-17(21)11-9-15)13-18(19)16-6-4-3-5-7-16/h3-11,13-14H,2,12H2,1H3. The number of halogens is 1. The molecule has 0 radical (unpaired) electrons. The molecule has 0 spiro atoms. The molecule has 1 heterocycles. The zero-order valence-electron chi connectivity index (χ0n) is 13.4. The molecule has 3 nitrogen and oxygen atoms in total. The van der Waals surface area contributed by atoms with Crippen LogP contribution in [0.15, 0.2) is 67.0 Å². The number of esters is 1. The summed E-state index contributed by atoms with van der Waals surface area (Å²) in [4.78, 5) is 12.3. The lowest BCUT2D eigenvalue weighted by Gasteiger charge is -2.03. The molecule has 0 saturated heterocycles. The molecule has 0 atom stereocenters. The number of carbonyl (C=O) groups excluding carboxylic acids is 1. The molecule has 0 unspecified atom stereocenters. The fraction of sp³-hybridized carbons (Fsp3) is 0.150. The highest BCUT2D eigenvalue weighted by molar-refractivity contribution is 6.30. The minimum Gasteiger partial charge on any atom is -0.462 e.